The Morgan fingerprint density at radius 2 is 1.95 bits per heavy atom. The molecule has 0 N–H and O–H groups in total. The summed E-state index contributed by atoms with van der Waals surface area (Å²) < 4.78 is 17.3. The molecule has 0 spiro atoms. The van der Waals surface area contributed by atoms with Crippen LogP contribution in [0.4, 0.5) is 0 Å². The standard InChI is InChI=1S/C14H19BrClNO3.ClH/c15-13-11-12(16)1-2-14(13)20-10-9-19-8-5-17-3-6-18-7-4-17;/h1-2,11H,3-10H2;1H. The molecule has 0 aliphatic carbocycles. The third kappa shape index (κ3) is 7.17. The van der Waals surface area contributed by atoms with Gasteiger partial charge in [0.2, 0.25) is 0 Å². The molecular formula is C14H20BrCl2NO3. The molecule has 1 saturated heterocycles. The van der Waals surface area contributed by atoms with Crippen molar-refractivity contribution in [3.63, 3.8) is 0 Å². The molecule has 0 saturated carbocycles. The largest absolute Gasteiger partial charge is 0.490 e. The smallest absolute Gasteiger partial charge is 0.133 e. The Labute approximate surface area is 145 Å². The Hall–Kier alpha value is -0.0400. The fourth-order valence-corrected chi connectivity index (χ4v) is 2.72. The van der Waals surface area contributed by atoms with Crippen LogP contribution in [0.15, 0.2) is 22.7 Å². The summed E-state index contributed by atoms with van der Waals surface area (Å²) in [6.45, 7) is 6.44. The summed E-state index contributed by atoms with van der Waals surface area (Å²) in [4.78, 5) is 2.35. The third-order valence-electron chi connectivity index (χ3n) is 3.03. The highest BCUT2D eigenvalue weighted by atomic mass is 79.9. The molecule has 4 nitrogen and oxygen atoms in total. The Morgan fingerprint density at radius 1 is 1.19 bits per heavy atom. The van der Waals surface area contributed by atoms with Crippen molar-refractivity contribution >= 4 is 39.9 Å². The lowest BCUT2D eigenvalue weighted by atomic mass is 10.3. The van der Waals surface area contributed by atoms with Gasteiger partial charge in [0.25, 0.3) is 0 Å². The number of nitrogens with zero attached hydrogens (tertiary/aromatic N) is 1. The average Bonchev–Trinajstić information content (AvgIpc) is 2.46. The topological polar surface area (TPSA) is 30.9 Å². The van der Waals surface area contributed by atoms with E-state index in [-0.39, 0.29) is 12.4 Å². The van der Waals surface area contributed by atoms with Gasteiger partial charge < -0.3 is 14.2 Å². The Morgan fingerprint density at radius 3 is 2.67 bits per heavy atom. The van der Waals surface area contributed by atoms with Crippen molar-refractivity contribution in [1.82, 2.24) is 4.90 Å². The molecule has 0 atom stereocenters. The molecule has 1 aliphatic rings. The Bertz CT molecular complexity index is 417. The molecule has 21 heavy (non-hydrogen) atoms. The van der Waals surface area contributed by atoms with E-state index in [0.717, 1.165) is 49.7 Å². The van der Waals surface area contributed by atoms with Crippen LogP contribution in [0.1, 0.15) is 0 Å². The minimum Gasteiger partial charge on any atom is -0.490 e. The molecule has 120 valence electrons. The van der Waals surface area contributed by atoms with E-state index >= 15 is 0 Å². The van der Waals surface area contributed by atoms with Gasteiger partial charge in [-0.15, -0.1) is 12.4 Å². The first kappa shape index (κ1) is 19.0. The lowest BCUT2D eigenvalue weighted by Gasteiger charge is -2.26. The van der Waals surface area contributed by atoms with Crippen molar-refractivity contribution in [3.05, 3.63) is 27.7 Å². The highest BCUT2D eigenvalue weighted by Gasteiger charge is 2.09. The van der Waals surface area contributed by atoms with E-state index in [0.29, 0.717) is 18.2 Å². The van der Waals surface area contributed by atoms with E-state index in [4.69, 9.17) is 25.8 Å². The van der Waals surface area contributed by atoms with E-state index in [2.05, 4.69) is 20.8 Å². The van der Waals surface area contributed by atoms with Crippen molar-refractivity contribution in [1.29, 1.82) is 0 Å². The van der Waals surface area contributed by atoms with Crippen LogP contribution in [-0.4, -0.2) is 57.6 Å². The number of halogens is 3. The van der Waals surface area contributed by atoms with Gasteiger partial charge in [-0.3, -0.25) is 4.90 Å². The summed E-state index contributed by atoms with van der Waals surface area (Å²) in [6, 6.07) is 5.47. The maximum atomic E-state index is 5.87. The van der Waals surface area contributed by atoms with Gasteiger partial charge >= 0.3 is 0 Å². The predicted octanol–water partition coefficient (Wildman–Crippen LogP) is 3.25. The first-order chi connectivity index (χ1) is 9.75. The van der Waals surface area contributed by atoms with Crippen LogP contribution in [0.5, 0.6) is 5.75 Å². The summed E-state index contributed by atoms with van der Waals surface area (Å²) in [5.41, 5.74) is 0. The second-order valence-corrected chi connectivity index (χ2v) is 5.78. The fourth-order valence-electron chi connectivity index (χ4n) is 1.92. The maximum absolute atomic E-state index is 5.87. The van der Waals surface area contributed by atoms with E-state index in [9.17, 15) is 0 Å². The number of morpholine rings is 1. The molecule has 0 unspecified atom stereocenters. The van der Waals surface area contributed by atoms with Gasteiger partial charge in [-0.05, 0) is 34.1 Å². The highest BCUT2D eigenvalue weighted by molar-refractivity contribution is 9.10. The lowest BCUT2D eigenvalue weighted by molar-refractivity contribution is 0.0170. The molecule has 2 rings (SSSR count). The molecule has 0 amide bonds. The number of ether oxygens (including phenoxy) is 3. The summed E-state index contributed by atoms with van der Waals surface area (Å²) in [5, 5.41) is 0.686. The van der Waals surface area contributed by atoms with Gasteiger partial charge in [-0.1, -0.05) is 11.6 Å². The molecule has 1 heterocycles. The molecule has 1 aromatic carbocycles. The predicted molar refractivity (Wildman–Crippen MR) is 90.0 cm³/mol. The van der Waals surface area contributed by atoms with Crippen LogP contribution in [0.25, 0.3) is 0 Å². The molecule has 1 fully saturated rings. The van der Waals surface area contributed by atoms with Crippen LogP contribution < -0.4 is 4.74 Å². The molecule has 7 heteroatoms. The SMILES string of the molecule is Cl.Clc1ccc(OCCOCCN2CCOCC2)c(Br)c1. The van der Waals surface area contributed by atoms with E-state index in [1.54, 1.807) is 6.07 Å². The highest BCUT2D eigenvalue weighted by Crippen LogP contribution is 2.27. The minimum atomic E-state index is 0. The molecule has 0 bridgehead atoms. The van der Waals surface area contributed by atoms with Crippen molar-refractivity contribution < 1.29 is 14.2 Å². The monoisotopic (exact) mass is 399 g/mol. The van der Waals surface area contributed by atoms with Crippen LogP contribution in [-0.2, 0) is 9.47 Å². The second kappa shape index (κ2) is 10.6. The Kier molecular flexibility index (Phi) is 9.64. The van der Waals surface area contributed by atoms with Crippen LogP contribution in [0, 0.1) is 0 Å². The number of hydrogen-bond donors (Lipinski definition) is 0. The number of rotatable bonds is 7. The van der Waals surface area contributed by atoms with Crippen LogP contribution in [0.3, 0.4) is 0 Å². The van der Waals surface area contributed by atoms with Gasteiger partial charge in [0.05, 0.1) is 30.9 Å². The molecule has 1 aliphatic heterocycles. The van der Waals surface area contributed by atoms with Gasteiger partial charge in [-0.2, -0.15) is 0 Å². The van der Waals surface area contributed by atoms with Gasteiger partial charge in [0, 0.05) is 24.7 Å². The molecule has 1 aromatic rings. The zero-order valence-electron chi connectivity index (χ0n) is 11.7. The number of benzene rings is 1. The first-order valence-corrected chi connectivity index (χ1v) is 7.88. The lowest BCUT2D eigenvalue weighted by Crippen LogP contribution is -2.38. The van der Waals surface area contributed by atoms with Gasteiger partial charge in [0.15, 0.2) is 0 Å². The van der Waals surface area contributed by atoms with Crippen molar-refractivity contribution in [3.8, 4) is 5.75 Å². The van der Waals surface area contributed by atoms with Crippen molar-refractivity contribution in [2.75, 3.05) is 52.7 Å². The van der Waals surface area contributed by atoms with E-state index in [1.165, 1.54) is 0 Å². The zero-order chi connectivity index (χ0) is 14.2. The maximum Gasteiger partial charge on any atom is 0.133 e. The van der Waals surface area contributed by atoms with Crippen LogP contribution >= 0.6 is 39.9 Å². The summed E-state index contributed by atoms with van der Waals surface area (Å²) in [5.74, 6) is 0.783. The molecule has 0 aromatic heterocycles. The third-order valence-corrected chi connectivity index (χ3v) is 3.89. The quantitative estimate of drug-likeness (QED) is 0.657. The molecule has 0 radical (unpaired) electrons. The summed E-state index contributed by atoms with van der Waals surface area (Å²) >= 11 is 9.28. The number of hydrogen-bond acceptors (Lipinski definition) is 4. The molecular weight excluding hydrogens is 381 g/mol. The van der Waals surface area contributed by atoms with Gasteiger partial charge in [-0.25, -0.2) is 0 Å². The minimum absolute atomic E-state index is 0. The Balaban J connectivity index is 0.00000220. The fraction of sp³-hybridized carbons (Fsp3) is 0.571. The normalized spacial score (nSPS) is 15.5. The van der Waals surface area contributed by atoms with Gasteiger partial charge in [0.1, 0.15) is 12.4 Å². The zero-order valence-corrected chi connectivity index (χ0v) is 14.9. The van der Waals surface area contributed by atoms with E-state index < -0.39 is 0 Å². The van der Waals surface area contributed by atoms with Crippen molar-refractivity contribution in [2.45, 2.75) is 0 Å². The second-order valence-electron chi connectivity index (χ2n) is 4.49. The van der Waals surface area contributed by atoms with E-state index in [1.807, 2.05) is 12.1 Å². The van der Waals surface area contributed by atoms with Crippen LogP contribution in [0.2, 0.25) is 5.02 Å². The average molecular weight is 401 g/mol. The summed E-state index contributed by atoms with van der Waals surface area (Å²) in [7, 11) is 0. The first-order valence-electron chi connectivity index (χ1n) is 6.71. The summed E-state index contributed by atoms with van der Waals surface area (Å²) in [6.07, 6.45) is 0. The van der Waals surface area contributed by atoms with Crippen molar-refractivity contribution in [2.24, 2.45) is 0 Å².